The van der Waals surface area contributed by atoms with Gasteiger partial charge in [-0.05, 0) is 0 Å². The van der Waals surface area contributed by atoms with E-state index in [0.717, 1.165) is 13.8 Å². The van der Waals surface area contributed by atoms with Gasteiger partial charge in [0.15, 0.2) is 37.4 Å². The Balaban J connectivity index is 1.79. The topological polar surface area (TPSA) is 530 Å². The fourth-order valence-corrected chi connectivity index (χ4v) is 8.25. The van der Waals surface area contributed by atoms with E-state index in [2.05, 4.69) is 23.2 Å². The van der Waals surface area contributed by atoms with Crippen LogP contribution in [0.15, 0.2) is 0 Å². The van der Waals surface area contributed by atoms with Gasteiger partial charge in [0.1, 0.15) is 85.3 Å². The van der Waals surface area contributed by atoms with E-state index in [0.29, 0.717) is 0 Å². The quantitative estimate of drug-likeness (QED) is 0.0567. The summed E-state index contributed by atoms with van der Waals surface area (Å²) in [6.07, 6.45) is -44.1. The number of nitrogens with one attached hydrogen (secondary N) is 2. The van der Waals surface area contributed by atoms with Crippen molar-refractivity contribution in [2.24, 2.45) is 0 Å². The molecule has 2 amide bonds. The van der Waals surface area contributed by atoms with E-state index >= 15 is 0 Å². The molecule has 4 aliphatic heterocycles. The van der Waals surface area contributed by atoms with Gasteiger partial charge in [0.25, 0.3) is 0 Å². The van der Waals surface area contributed by atoms with Gasteiger partial charge in [0, 0.05) is 13.8 Å². The van der Waals surface area contributed by atoms with Crippen molar-refractivity contribution in [1.82, 2.24) is 10.6 Å². The molecule has 4 aliphatic rings. The van der Waals surface area contributed by atoms with E-state index in [1.54, 1.807) is 0 Å². The van der Waals surface area contributed by atoms with E-state index in [4.69, 9.17) is 33.2 Å². The second-order valence-electron chi connectivity index (χ2n) is 14.2. The summed E-state index contributed by atoms with van der Waals surface area (Å²) in [5, 5.41) is 98.2. The van der Waals surface area contributed by atoms with E-state index in [-0.39, 0.29) is 0 Å². The third kappa shape index (κ3) is 14.0. The third-order valence-corrected chi connectivity index (χ3v) is 10.9. The monoisotopic (exact) mass is 1020 g/mol. The molecule has 14 N–H and O–H groups in total. The maximum atomic E-state index is 12.7. The molecule has 4 heterocycles. The molecule has 4 saturated heterocycles. The van der Waals surface area contributed by atoms with Crippen LogP contribution in [0.5, 0.6) is 0 Å². The summed E-state index contributed by atoms with van der Waals surface area (Å²) in [6.45, 7) is -1.18. The van der Waals surface area contributed by atoms with Crippen LogP contribution < -0.4 is 10.6 Å². The number of aliphatic carboxylic acids is 2. The van der Waals surface area contributed by atoms with Crippen LogP contribution in [0.4, 0.5) is 0 Å². The van der Waals surface area contributed by atoms with Gasteiger partial charge in [0.2, 0.25) is 11.8 Å². The zero-order valence-corrected chi connectivity index (χ0v) is 35.2. The molecule has 0 aliphatic carbocycles. The second kappa shape index (κ2) is 21.5. The van der Waals surface area contributed by atoms with Crippen molar-refractivity contribution in [3.05, 3.63) is 0 Å². The molecule has 0 aromatic rings. The molecular formula is C28H44N2O32S3. The molecule has 0 aromatic carbocycles. The van der Waals surface area contributed by atoms with Crippen molar-refractivity contribution in [1.29, 1.82) is 0 Å². The molecule has 1 unspecified atom stereocenters. The standard InChI is InChI=1S/C28H44N2O32S3/c1-5(32)29-9-18(16(61-64(47,48)49)7(3-31)54-25(9)43)56-28-15(38)13(36)20(22(60-28)24(41)42)58-26-10(30-6(2)33)19(57-27-14(37)11(34)12(35)21(59-27)23(39)40)17(62-65(50,51)52)8(55-26)4-53-63(44,45)46/h7-22,25-28,31,34-38,43H,3-4H2,1-2H3,(H,29,32)(H,30,33)(H,39,40)(H,41,42)(H,44,45,46)(H,47,48,49)(H,50,51,52)/t7-,8-,9-,10-,11+,12+,13-,14-,15-,16+,17+,18-,19-,20+,21+,22+,25?,26+,27-,28-/m1/s1. The molecule has 4 rings (SSSR count). The number of aliphatic hydroxyl groups excluding tert-OH is 7. The smallest absolute Gasteiger partial charge is 0.397 e. The molecule has 0 aromatic heterocycles. The van der Waals surface area contributed by atoms with Crippen molar-refractivity contribution in [3.8, 4) is 0 Å². The minimum absolute atomic E-state index is 0.749. The third-order valence-electron chi connectivity index (χ3n) is 9.55. The minimum Gasteiger partial charge on any atom is -0.479 e. The van der Waals surface area contributed by atoms with Gasteiger partial charge in [-0.15, -0.1) is 0 Å². The number of carboxylic acid groups (broad SMARTS) is 2. The number of carboxylic acids is 2. The van der Waals surface area contributed by atoms with E-state index < -0.39 is 191 Å². The number of carbonyl (C=O) groups excluding carboxylic acids is 2. The minimum atomic E-state index is -5.80. The maximum Gasteiger partial charge on any atom is 0.397 e. The summed E-state index contributed by atoms with van der Waals surface area (Å²) >= 11 is 0. The van der Waals surface area contributed by atoms with Crippen LogP contribution in [-0.2, 0) is 96.1 Å². The lowest BCUT2D eigenvalue weighted by Crippen LogP contribution is -2.71. The van der Waals surface area contributed by atoms with Crippen LogP contribution in [0.3, 0.4) is 0 Å². The summed E-state index contributed by atoms with van der Waals surface area (Å²) in [5.41, 5.74) is 0. The number of carbonyl (C=O) groups is 4. The zero-order valence-electron chi connectivity index (χ0n) is 32.7. The number of amides is 2. The Morgan fingerprint density at radius 1 is 0.523 bits per heavy atom. The summed E-state index contributed by atoms with van der Waals surface area (Å²) in [7, 11) is -16.9. The van der Waals surface area contributed by atoms with Gasteiger partial charge < -0.3 is 89.8 Å². The van der Waals surface area contributed by atoms with Crippen molar-refractivity contribution >= 4 is 54.9 Å². The molecule has 376 valence electrons. The number of ether oxygens (including phenoxy) is 7. The Morgan fingerprint density at radius 2 is 0.969 bits per heavy atom. The van der Waals surface area contributed by atoms with Gasteiger partial charge in [0.05, 0.1) is 13.2 Å². The summed E-state index contributed by atoms with van der Waals surface area (Å²) < 4.78 is 150. The van der Waals surface area contributed by atoms with Crippen molar-refractivity contribution in [2.75, 3.05) is 13.2 Å². The Kier molecular flexibility index (Phi) is 18.0. The summed E-state index contributed by atoms with van der Waals surface area (Å²) in [4.78, 5) is 49.2. The van der Waals surface area contributed by atoms with Gasteiger partial charge in [-0.25, -0.2) is 22.1 Å². The van der Waals surface area contributed by atoms with E-state index in [1.165, 1.54) is 0 Å². The van der Waals surface area contributed by atoms with E-state index in [9.17, 15) is 104 Å². The van der Waals surface area contributed by atoms with Crippen molar-refractivity contribution in [2.45, 2.75) is 137 Å². The second-order valence-corrected chi connectivity index (χ2v) is 17.4. The molecule has 0 radical (unpaired) electrons. The maximum absolute atomic E-state index is 12.7. The normalized spacial score (nSPS) is 40.7. The lowest BCUT2D eigenvalue weighted by atomic mass is 9.94. The van der Waals surface area contributed by atoms with Crippen LogP contribution in [0, 0.1) is 0 Å². The molecule has 20 atom stereocenters. The zero-order chi connectivity index (χ0) is 49.3. The first-order valence-corrected chi connectivity index (χ1v) is 22.1. The number of rotatable bonds is 18. The predicted molar refractivity (Wildman–Crippen MR) is 189 cm³/mol. The molecule has 0 spiro atoms. The van der Waals surface area contributed by atoms with E-state index in [1.807, 2.05) is 0 Å². The fraction of sp³-hybridized carbons (Fsp3) is 0.857. The molecule has 4 fully saturated rings. The molecular weight excluding hydrogens is 972 g/mol. The Morgan fingerprint density at radius 3 is 1.43 bits per heavy atom. The molecule has 0 saturated carbocycles. The highest BCUT2D eigenvalue weighted by atomic mass is 32.3. The first-order valence-electron chi connectivity index (χ1n) is 18.0. The average molecular weight is 1020 g/mol. The van der Waals surface area contributed by atoms with Crippen LogP contribution >= 0.6 is 0 Å². The highest BCUT2D eigenvalue weighted by Crippen LogP contribution is 2.36. The lowest BCUT2D eigenvalue weighted by Gasteiger charge is -2.50. The fourth-order valence-electron chi connectivity index (χ4n) is 6.92. The molecule has 65 heavy (non-hydrogen) atoms. The van der Waals surface area contributed by atoms with Crippen LogP contribution in [0.2, 0.25) is 0 Å². The van der Waals surface area contributed by atoms with Crippen LogP contribution in [0.25, 0.3) is 0 Å². The first-order chi connectivity index (χ1) is 29.8. The van der Waals surface area contributed by atoms with Crippen LogP contribution in [-0.4, -0.2) is 245 Å². The van der Waals surface area contributed by atoms with Crippen LogP contribution in [0.1, 0.15) is 13.8 Å². The number of hydrogen-bond acceptors (Lipinski definition) is 27. The van der Waals surface area contributed by atoms with Gasteiger partial charge in [-0.2, -0.15) is 25.3 Å². The van der Waals surface area contributed by atoms with Gasteiger partial charge in [-0.3, -0.25) is 23.2 Å². The largest absolute Gasteiger partial charge is 0.479 e. The molecule has 0 bridgehead atoms. The highest BCUT2D eigenvalue weighted by molar-refractivity contribution is 7.81. The Labute approximate surface area is 364 Å². The SMILES string of the molecule is CC(=O)N[C@H]1[C@H](O[C@H]2[C@H](O)[C@@H](O)[C@H](O[C@H]3[C@@H](OS(=O)(=O)O)[C@@H](CO)OC(O)[C@@H]3NC(C)=O)O[C@@H]2C(=O)O)O[C@H](COS(=O)(=O)O)[C@H](OS(=O)(=O)O)[C@@H]1O[C@@H]1O[C@H](C(=O)O)[C@@H](O)[C@H](O)[C@H]1O. The number of hydrogen-bond donors (Lipinski definition) is 14. The Hall–Kier alpha value is -3.07. The highest BCUT2D eigenvalue weighted by Gasteiger charge is 2.59. The Bertz CT molecular complexity index is 2040. The lowest BCUT2D eigenvalue weighted by molar-refractivity contribution is -0.366. The average Bonchev–Trinajstić information content (AvgIpc) is 3.16. The van der Waals surface area contributed by atoms with Gasteiger partial charge in [-0.1, -0.05) is 0 Å². The van der Waals surface area contributed by atoms with Crippen molar-refractivity contribution in [3.63, 3.8) is 0 Å². The van der Waals surface area contributed by atoms with Gasteiger partial charge >= 0.3 is 43.1 Å². The first kappa shape index (κ1) is 54.5. The molecule has 37 heteroatoms. The van der Waals surface area contributed by atoms with Crippen molar-refractivity contribution < 1.29 is 150 Å². The number of aliphatic hydroxyl groups is 7. The summed E-state index contributed by atoms with van der Waals surface area (Å²) in [6, 6.07) is -4.27. The predicted octanol–water partition coefficient (Wildman–Crippen LogP) is -9.80. The summed E-state index contributed by atoms with van der Waals surface area (Å²) in [5.74, 6) is -6.28. The molecule has 34 nitrogen and oxygen atoms in total.